The molecule has 2 fully saturated rings. The van der Waals surface area contributed by atoms with E-state index in [4.69, 9.17) is 0 Å². The zero-order chi connectivity index (χ0) is 16.4. The molecular weight excluding hydrogens is 288 g/mol. The fourth-order valence-electron chi connectivity index (χ4n) is 6.54. The number of aliphatic hydroxyl groups is 1. The summed E-state index contributed by atoms with van der Waals surface area (Å²) in [6.07, 6.45) is 11.2. The number of rotatable bonds is 1. The van der Waals surface area contributed by atoms with E-state index >= 15 is 0 Å². The van der Waals surface area contributed by atoms with Crippen LogP contribution >= 0.6 is 0 Å². The Kier molecular flexibility index (Phi) is 3.32. The molecule has 4 rings (SSSR count). The van der Waals surface area contributed by atoms with Crippen LogP contribution in [0.4, 0.5) is 0 Å². The van der Waals surface area contributed by atoms with Crippen LogP contribution in [0, 0.1) is 28.6 Å². The van der Waals surface area contributed by atoms with E-state index in [9.17, 15) is 15.0 Å². The molecule has 3 nitrogen and oxygen atoms in total. The molecule has 23 heavy (non-hydrogen) atoms. The summed E-state index contributed by atoms with van der Waals surface area (Å²) in [4.78, 5) is 11.6. The van der Waals surface area contributed by atoms with Crippen LogP contribution in [0.2, 0.25) is 0 Å². The third-order valence-electron chi connectivity index (χ3n) is 7.89. The number of hydrogen-bond donors (Lipinski definition) is 2. The summed E-state index contributed by atoms with van der Waals surface area (Å²) in [7, 11) is 0. The van der Waals surface area contributed by atoms with Gasteiger partial charge < -0.3 is 10.2 Å². The Labute approximate surface area is 138 Å². The molecule has 0 radical (unpaired) electrons. The van der Waals surface area contributed by atoms with Gasteiger partial charge in [-0.3, -0.25) is 0 Å². The van der Waals surface area contributed by atoms with Crippen LogP contribution < -0.4 is 0 Å². The minimum Gasteiger partial charge on any atom is -0.478 e. The SMILES string of the molecule is C[C@]12CC[C@H](O)CC1=CC[C@H]1[C@H]2CC[C@]2(C)C(C(=O)O)=CC[C@H]12. The Morgan fingerprint density at radius 3 is 2.57 bits per heavy atom. The number of allylic oxidation sites excluding steroid dienone is 2. The first-order chi connectivity index (χ1) is 10.9. The Bertz CT molecular complexity index is 604. The molecule has 0 aliphatic heterocycles. The summed E-state index contributed by atoms with van der Waals surface area (Å²) in [6.45, 7) is 4.59. The lowest BCUT2D eigenvalue weighted by Crippen LogP contribution is -2.50. The summed E-state index contributed by atoms with van der Waals surface area (Å²) < 4.78 is 0. The topological polar surface area (TPSA) is 57.5 Å². The van der Waals surface area contributed by atoms with Gasteiger partial charge in [-0.25, -0.2) is 4.79 Å². The average Bonchev–Trinajstić information content (AvgIpc) is 2.85. The van der Waals surface area contributed by atoms with Gasteiger partial charge in [-0.1, -0.05) is 31.6 Å². The van der Waals surface area contributed by atoms with Gasteiger partial charge in [0, 0.05) is 11.0 Å². The van der Waals surface area contributed by atoms with Crippen molar-refractivity contribution in [2.75, 3.05) is 0 Å². The van der Waals surface area contributed by atoms with Crippen LogP contribution in [0.25, 0.3) is 0 Å². The van der Waals surface area contributed by atoms with Crippen LogP contribution in [-0.2, 0) is 4.79 Å². The molecule has 4 aliphatic carbocycles. The van der Waals surface area contributed by atoms with E-state index in [1.807, 2.05) is 6.08 Å². The van der Waals surface area contributed by atoms with Gasteiger partial charge in [0.05, 0.1) is 6.10 Å². The molecule has 0 saturated heterocycles. The highest BCUT2D eigenvalue weighted by atomic mass is 16.4. The molecule has 0 spiro atoms. The minimum atomic E-state index is -0.715. The standard InChI is InChI=1S/C20H28O3/c1-19-9-7-13(21)11-12(19)3-4-14-15-5-6-17(18(22)23)20(15,2)10-8-16(14)19/h3,6,13-16,21H,4-5,7-11H2,1-2H3,(H,22,23)/t13-,14+,15+,16+,19-,20-/m0/s1. The van der Waals surface area contributed by atoms with Crippen molar-refractivity contribution >= 4 is 5.97 Å². The van der Waals surface area contributed by atoms with Gasteiger partial charge in [0.2, 0.25) is 0 Å². The van der Waals surface area contributed by atoms with E-state index in [2.05, 4.69) is 19.9 Å². The molecule has 0 heterocycles. The van der Waals surface area contributed by atoms with E-state index in [1.54, 1.807) is 0 Å². The lowest BCUT2D eigenvalue weighted by atomic mass is 9.47. The maximum absolute atomic E-state index is 11.6. The third-order valence-corrected chi connectivity index (χ3v) is 7.89. The Hall–Kier alpha value is -1.09. The van der Waals surface area contributed by atoms with Crippen molar-refractivity contribution < 1.29 is 15.0 Å². The smallest absolute Gasteiger partial charge is 0.331 e. The molecule has 126 valence electrons. The van der Waals surface area contributed by atoms with Crippen LogP contribution in [0.5, 0.6) is 0 Å². The van der Waals surface area contributed by atoms with Gasteiger partial charge in [0.1, 0.15) is 0 Å². The zero-order valence-electron chi connectivity index (χ0n) is 14.2. The van der Waals surface area contributed by atoms with Crippen molar-refractivity contribution in [3.63, 3.8) is 0 Å². The van der Waals surface area contributed by atoms with Gasteiger partial charge in [0.25, 0.3) is 0 Å². The Balaban J connectivity index is 1.67. The number of aliphatic hydroxyl groups excluding tert-OH is 1. The van der Waals surface area contributed by atoms with Crippen LogP contribution in [0.1, 0.15) is 58.8 Å². The van der Waals surface area contributed by atoms with Gasteiger partial charge in [0.15, 0.2) is 0 Å². The molecule has 0 aromatic heterocycles. The largest absolute Gasteiger partial charge is 0.478 e. The van der Waals surface area contributed by atoms with E-state index in [-0.39, 0.29) is 16.9 Å². The first-order valence-corrected chi connectivity index (χ1v) is 9.18. The van der Waals surface area contributed by atoms with Crippen molar-refractivity contribution in [2.45, 2.75) is 64.9 Å². The molecular formula is C20H28O3. The summed E-state index contributed by atoms with van der Waals surface area (Å²) >= 11 is 0. The minimum absolute atomic E-state index is 0.136. The van der Waals surface area contributed by atoms with E-state index in [0.717, 1.165) is 44.9 Å². The highest BCUT2D eigenvalue weighted by molar-refractivity contribution is 5.89. The number of carboxylic acid groups (broad SMARTS) is 1. The molecule has 2 N–H and O–H groups in total. The highest BCUT2D eigenvalue weighted by Crippen LogP contribution is 2.64. The number of carbonyl (C=O) groups is 1. The van der Waals surface area contributed by atoms with Crippen molar-refractivity contribution in [3.05, 3.63) is 23.3 Å². The lowest BCUT2D eigenvalue weighted by molar-refractivity contribution is -0.135. The molecule has 0 aromatic carbocycles. The molecule has 3 heteroatoms. The molecule has 0 amide bonds. The van der Waals surface area contributed by atoms with E-state index in [1.165, 1.54) is 5.57 Å². The fraction of sp³-hybridized carbons (Fsp3) is 0.750. The second-order valence-corrected chi connectivity index (χ2v) is 8.77. The van der Waals surface area contributed by atoms with Crippen molar-refractivity contribution in [1.82, 2.24) is 0 Å². The second-order valence-electron chi connectivity index (χ2n) is 8.77. The van der Waals surface area contributed by atoms with Gasteiger partial charge in [-0.15, -0.1) is 0 Å². The van der Waals surface area contributed by atoms with E-state index < -0.39 is 5.97 Å². The van der Waals surface area contributed by atoms with Crippen LogP contribution in [0.15, 0.2) is 23.3 Å². The Morgan fingerprint density at radius 2 is 1.83 bits per heavy atom. The monoisotopic (exact) mass is 316 g/mol. The van der Waals surface area contributed by atoms with Crippen molar-refractivity contribution in [2.24, 2.45) is 28.6 Å². The summed E-state index contributed by atoms with van der Waals surface area (Å²) in [5.74, 6) is 1.03. The molecule has 2 saturated carbocycles. The fourth-order valence-corrected chi connectivity index (χ4v) is 6.54. The van der Waals surface area contributed by atoms with Gasteiger partial charge in [-0.05, 0) is 68.1 Å². The molecule has 4 aliphatic rings. The van der Waals surface area contributed by atoms with Crippen LogP contribution in [-0.4, -0.2) is 22.3 Å². The van der Waals surface area contributed by atoms with Crippen molar-refractivity contribution in [1.29, 1.82) is 0 Å². The predicted octanol–water partition coefficient (Wildman–Crippen LogP) is 3.93. The first kappa shape index (κ1) is 15.4. The van der Waals surface area contributed by atoms with Gasteiger partial charge >= 0.3 is 5.97 Å². The zero-order valence-corrected chi connectivity index (χ0v) is 14.2. The van der Waals surface area contributed by atoms with Gasteiger partial charge in [-0.2, -0.15) is 0 Å². The number of fused-ring (bicyclic) bond motifs is 5. The number of hydrogen-bond acceptors (Lipinski definition) is 2. The third kappa shape index (κ3) is 2.02. The maximum atomic E-state index is 11.6. The number of aliphatic carboxylic acids is 1. The average molecular weight is 316 g/mol. The molecule has 6 atom stereocenters. The van der Waals surface area contributed by atoms with Crippen molar-refractivity contribution in [3.8, 4) is 0 Å². The predicted molar refractivity (Wildman–Crippen MR) is 88.8 cm³/mol. The molecule has 0 unspecified atom stereocenters. The lowest BCUT2D eigenvalue weighted by Gasteiger charge is -2.57. The molecule has 0 aromatic rings. The summed E-state index contributed by atoms with van der Waals surface area (Å²) in [5, 5.41) is 19.6. The normalized spacial score (nSPS) is 48.7. The number of carboxylic acids is 1. The summed E-state index contributed by atoms with van der Waals surface area (Å²) in [5.41, 5.74) is 2.24. The maximum Gasteiger partial charge on any atom is 0.331 e. The Morgan fingerprint density at radius 1 is 1.09 bits per heavy atom. The van der Waals surface area contributed by atoms with Crippen LogP contribution in [0.3, 0.4) is 0 Å². The molecule has 0 bridgehead atoms. The summed E-state index contributed by atoms with van der Waals surface area (Å²) in [6, 6.07) is 0. The first-order valence-electron chi connectivity index (χ1n) is 9.18. The second kappa shape index (κ2) is 4.95. The quantitative estimate of drug-likeness (QED) is 0.721. The van der Waals surface area contributed by atoms with E-state index in [0.29, 0.717) is 23.3 Å². The highest BCUT2D eigenvalue weighted by Gasteiger charge is 2.57.